The van der Waals surface area contributed by atoms with Crippen LogP contribution in [0, 0.1) is 11.8 Å². The van der Waals surface area contributed by atoms with Gasteiger partial charge in [-0.3, -0.25) is 4.79 Å². The summed E-state index contributed by atoms with van der Waals surface area (Å²) >= 11 is 0. The lowest BCUT2D eigenvalue weighted by Crippen LogP contribution is -2.47. The standard InChI is InChI=1S/C14H28N2O/c1-10-6-11(2)8-12(7-10)16-13(17)9-15-14(3,4)5/h10-12,15H,6-9H2,1-5H3,(H,16,17). The quantitative estimate of drug-likeness (QED) is 0.795. The maximum atomic E-state index is 11.8. The van der Waals surface area contributed by atoms with Crippen molar-refractivity contribution in [1.82, 2.24) is 10.6 Å². The molecule has 1 amide bonds. The fraction of sp³-hybridized carbons (Fsp3) is 0.929. The molecule has 0 aromatic rings. The molecule has 0 heterocycles. The first-order valence-corrected chi connectivity index (χ1v) is 6.80. The third-order valence-corrected chi connectivity index (χ3v) is 3.32. The van der Waals surface area contributed by atoms with Gasteiger partial charge in [0.2, 0.25) is 5.91 Å². The minimum atomic E-state index is 0.00445. The highest BCUT2D eigenvalue weighted by Gasteiger charge is 2.25. The Morgan fingerprint density at radius 3 is 2.12 bits per heavy atom. The van der Waals surface area contributed by atoms with Gasteiger partial charge >= 0.3 is 0 Å². The number of amides is 1. The zero-order chi connectivity index (χ0) is 13.1. The second-order valence-electron chi connectivity index (χ2n) is 6.79. The molecule has 2 unspecified atom stereocenters. The number of rotatable bonds is 3. The van der Waals surface area contributed by atoms with Crippen LogP contribution in [0.2, 0.25) is 0 Å². The molecule has 2 atom stereocenters. The summed E-state index contributed by atoms with van der Waals surface area (Å²) in [6, 6.07) is 0.378. The van der Waals surface area contributed by atoms with E-state index in [2.05, 4.69) is 45.3 Å². The van der Waals surface area contributed by atoms with Crippen molar-refractivity contribution in [3.05, 3.63) is 0 Å². The van der Waals surface area contributed by atoms with Crippen molar-refractivity contribution in [2.45, 2.75) is 65.5 Å². The molecular weight excluding hydrogens is 212 g/mol. The first-order chi connectivity index (χ1) is 7.76. The molecule has 3 nitrogen and oxygen atoms in total. The van der Waals surface area contributed by atoms with Gasteiger partial charge in [0.15, 0.2) is 0 Å². The van der Waals surface area contributed by atoms with Crippen LogP contribution in [0.5, 0.6) is 0 Å². The van der Waals surface area contributed by atoms with Crippen LogP contribution in [0.3, 0.4) is 0 Å². The molecule has 1 aliphatic rings. The summed E-state index contributed by atoms with van der Waals surface area (Å²) in [7, 11) is 0. The lowest BCUT2D eigenvalue weighted by Gasteiger charge is -2.32. The number of nitrogens with one attached hydrogen (secondary N) is 2. The molecule has 0 spiro atoms. The monoisotopic (exact) mass is 240 g/mol. The van der Waals surface area contributed by atoms with Crippen molar-refractivity contribution in [3.63, 3.8) is 0 Å². The molecule has 0 radical (unpaired) electrons. The zero-order valence-corrected chi connectivity index (χ0v) is 12.0. The summed E-state index contributed by atoms with van der Waals surface area (Å²) in [5.41, 5.74) is 0.00445. The highest BCUT2D eigenvalue weighted by atomic mass is 16.2. The van der Waals surface area contributed by atoms with E-state index in [4.69, 9.17) is 0 Å². The summed E-state index contributed by atoms with van der Waals surface area (Å²) in [5, 5.41) is 6.37. The molecule has 0 aromatic heterocycles. The van der Waals surface area contributed by atoms with Crippen LogP contribution in [0.4, 0.5) is 0 Å². The summed E-state index contributed by atoms with van der Waals surface area (Å²) in [4.78, 5) is 11.8. The van der Waals surface area contributed by atoms with E-state index < -0.39 is 0 Å². The Balaban J connectivity index is 2.30. The maximum Gasteiger partial charge on any atom is 0.234 e. The SMILES string of the molecule is CC1CC(C)CC(NC(=O)CNC(C)(C)C)C1. The molecule has 1 fully saturated rings. The summed E-state index contributed by atoms with van der Waals surface area (Å²) in [5.74, 6) is 1.60. The average Bonchev–Trinajstić information content (AvgIpc) is 2.11. The molecule has 0 saturated heterocycles. The molecule has 0 bridgehead atoms. The summed E-state index contributed by atoms with van der Waals surface area (Å²) < 4.78 is 0. The number of hydrogen-bond acceptors (Lipinski definition) is 2. The zero-order valence-electron chi connectivity index (χ0n) is 12.0. The molecule has 1 rings (SSSR count). The van der Waals surface area contributed by atoms with E-state index in [1.54, 1.807) is 0 Å². The van der Waals surface area contributed by atoms with E-state index in [0.29, 0.717) is 12.6 Å². The maximum absolute atomic E-state index is 11.8. The molecule has 1 aliphatic carbocycles. The lowest BCUT2D eigenvalue weighted by molar-refractivity contribution is -0.121. The van der Waals surface area contributed by atoms with Gasteiger partial charge in [0.1, 0.15) is 0 Å². The predicted octanol–water partition coefficient (Wildman–Crippen LogP) is 2.32. The molecule has 3 heteroatoms. The topological polar surface area (TPSA) is 41.1 Å². The van der Waals surface area contributed by atoms with E-state index >= 15 is 0 Å². The van der Waals surface area contributed by atoms with Crippen molar-refractivity contribution in [2.75, 3.05) is 6.54 Å². The Hall–Kier alpha value is -0.570. The molecule has 0 aromatic carbocycles. The van der Waals surface area contributed by atoms with Crippen LogP contribution in [-0.4, -0.2) is 24.0 Å². The fourth-order valence-corrected chi connectivity index (χ4v) is 2.69. The Labute approximate surface area is 106 Å². The van der Waals surface area contributed by atoms with Crippen LogP contribution >= 0.6 is 0 Å². The molecule has 2 N–H and O–H groups in total. The van der Waals surface area contributed by atoms with E-state index in [0.717, 1.165) is 24.7 Å². The number of carbonyl (C=O) groups excluding carboxylic acids is 1. The molecule has 100 valence electrons. The molecule has 1 saturated carbocycles. The van der Waals surface area contributed by atoms with Crippen molar-refractivity contribution >= 4 is 5.91 Å². The lowest BCUT2D eigenvalue weighted by atomic mass is 9.80. The third kappa shape index (κ3) is 6.06. The minimum absolute atomic E-state index is 0.00445. The van der Waals surface area contributed by atoms with Crippen LogP contribution in [-0.2, 0) is 4.79 Å². The first-order valence-electron chi connectivity index (χ1n) is 6.80. The van der Waals surface area contributed by atoms with Crippen LogP contribution in [0.1, 0.15) is 53.9 Å². The van der Waals surface area contributed by atoms with Crippen LogP contribution in [0.25, 0.3) is 0 Å². The Kier molecular flexibility index (Phi) is 4.99. The molecular formula is C14H28N2O. The van der Waals surface area contributed by atoms with E-state index in [1.807, 2.05) is 0 Å². The number of hydrogen-bond donors (Lipinski definition) is 2. The highest BCUT2D eigenvalue weighted by molar-refractivity contribution is 5.78. The second kappa shape index (κ2) is 5.85. The van der Waals surface area contributed by atoms with E-state index in [9.17, 15) is 4.79 Å². The minimum Gasteiger partial charge on any atom is -0.352 e. The van der Waals surface area contributed by atoms with Crippen LogP contribution in [0.15, 0.2) is 0 Å². The molecule has 0 aliphatic heterocycles. The van der Waals surface area contributed by atoms with Crippen molar-refractivity contribution in [2.24, 2.45) is 11.8 Å². The van der Waals surface area contributed by atoms with Gasteiger partial charge in [0.05, 0.1) is 6.54 Å². The van der Waals surface area contributed by atoms with Crippen LogP contribution < -0.4 is 10.6 Å². The highest BCUT2D eigenvalue weighted by Crippen LogP contribution is 2.28. The van der Waals surface area contributed by atoms with Crippen molar-refractivity contribution < 1.29 is 4.79 Å². The van der Waals surface area contributed by atoms with Gasteiger partial charge in [-0.15, -0.1) is 0 Å². The van der Waals surface area contributed by atoms with Gasteiger partial charge in [0.25, 0.3) is 0 Å². The average molecular weight is 240 g/mol. The fourth-order valence-electron chi connectivity index (χ4n) is 2.69. The normalized spacial score (nSPS) is 30.1. The Morgan fingerprint density at radius 1 is 1.12 bits per heavy atom. The Bertz CT molecular complexity index is 247. The van der Waals surface area contributed by atoms with E-state index in [1.165, 1.54) is 6.42 Å². The van der Waals surface area contributed by atoms with Gasteiger partial charge in [-0.25, -0.2) is 0 Å². The van der Waals surface area contributed by atoms with Gasteiger partial charge < -0.3 is 10.6 Å². The van der Waals surface area contributed by atoms with Gasteiger partial charge in [0, 0.05) is 11.6 Å². The van der Waals surface area contributed by atoms with Gasteiger partial charge in [-0.05, 0) is 51.9 Å². The van der Waals surface area contributed by atoms with Crippen molar-refractivity contribution in [1.29, 1.82) is 0 Å². The Morgan fingerprint density at radius 2 is 1.65 bits per heavy atom. The molecule has 17 heavy (non-hydrogen) atoms. The van der Waals surface area contributed by atoms with Crippen molar-refractivity contribution in [3.8, 4) is 0 Å². The van der Waals surface area contributed by atoms with E-state index in [-0.39, 0.29) is 11.4 Å². The van der Waals surface area contributed by atoms with Gasteiger partial charge in [-0.1, -0.05) is 13.8 Å². The predicted molar refractivity (Wildman–Crippen MR) is 71.9 cm³/mol. The number of carbonyl (C=O) groups is 1. The largest absolute Gasteiger partial charge is 0.352 e. The smallest absolute Gasteiger partial charge is 0.234 e. The van der Waals surface area contributed by atoms with Gasteiger partial charge in [-0.2, -0.15) is 0 Å². The summed E-state index contributed by atoms with van der Waals surface area (Å²) in [6.07, 6.45) is 3.56. The summed E-state index contributed by atoms with van der Waals surface area (Å²) in [6.45, 7) is 11.2. The third-order valence-electron chi connectivity index (χ3n) is 3.32. The first kappa shape index (κ1) is 14.5. The second-order valence-corrected chi connectivity index (χ2v) is 6.79.